The molecule has 0 spiro atoms. The van der Waals surface area contributed by atoms with E-state index in [4.69, 9.17) is 4.42 Å². The fraction of sp³-hybridized carbons (Fsp3) is 0.167. The summed E-state index contributed by atoms with van der Waals surface area (Å²) in [7, 11) is -3.85. The second kappa shape index (κ2) is 8.38. The lowest BCUT2D eigenvalue weighted by atomic mass is 10.1. The second-order valence-electron chi connectivity index (χ2n) is 8.38. The zero-order chi connectivity index (χ0) is 23.8. The highest BCUT2D eigenvalue weighted by atomic mass is 32.2. The van der Waals surface area contributed by atoms with Gasteiger partial charge in [0.15, 0.2) is 0 Å². The van der Waals surface area contributed by atoms with Crippen LogP contribution in [0.15, 0.2) is 82.4 Å². The lowest BCUT2D eigenvalue weighted by Gasteiger charge is -2.12. The standard InChI is InChI=1S/C24H21N5O4S/c1-24(11-12-24)23(30)26-18-5-2-6-19(14-18)29-34(31,32)20-9-7-16(8-10-20)21-27-28-22(33-21)17-4-3-13-25-15-17/h2-10,13-15,29H,11-12H2,1H3,(H,26,30). The first kappa shape index (κ1) is 21.8. The number of carbonyl (C=O) groups is 1. The fourth-order valence-corrected chi connectivity index (χ4v) is 4.34. The van der Waals surface area contributed by atoms with E-state index in [0.717, 1.165) is 12.8 Å². The molecule has 9 nitrogen and oxygen atoms in total. The number of pyridine rings is 1. The van der Waals surface area contributed by atoms with Crippen molar-refractivity contribution in [1.29, 1.82) is 0 Å². The topological polar surface area (TPSA) is 127 Å². The quantitative estimate of drug-likeness (QED) is 0.407. The lowest BCUT2D eigenvalue weighted by molar-refractivity contribution is -0.120. The molecule has 2 heterocycles. The van der Waals surface area contributed by atoms with Gasteiger partial charge in [-0.15, -0.1) is 10.2 Å². The highest BCUT2D eigenvalue weighted by molar-refractivity contribution is 7.92. The first-order chi connectivity index (χ1) is 16.3. The Morgan fingerprint density at radius 1 is 0.941 bits per heavy atom. The van der Waals surface area contributed by atoms with Crippen LogP contribution < -0.4 is 10.0 Å². The molecule has 5 rings (SSSR count). The number of benzene rings is 2. The van der Waals surface area contributed by atoms with Crippen molar-refractivity contribution in [1.82, 2.24) is 15.2 Å². The Hall–Kier alpha value is -4.05. The molecule has 0 bridgehead atoms. The maximum Gasteiger partial charge on any atom is 0.261 e. The van der Waals surface area contributed by atoms with Gasteiger partial charge < -0.3 is 9.73 Å². The first-order valence-electron chi connectivity index (χ1n) is 10.6. The van der Waals surface area contributed by atoms with E-state index in [0.29, 0.717) is 28.4 Å². The van der Waals surface area contributed by atoms with Crippen LogP contribution in [-0.4, -0.2) is 29.5 Å². The van der Waals surface area contributed by atoms with Crippen LogP contribution in [0.2, 0.25) is 0 Å². The number of rotatable bonds is 7. The summed E-state index contributed by atoms with van der Waals surface area (Å²) >= 11 is 0. The predicted molar refractivity (Wildman–Crippen MR) is 126 cm³/mol. The molecule has 1 aliphatic carbocycles. The minimum Gasteiger partial charge on any atom is -0.416 e. The van der Waals surface area contributed by atoms with E-state index in [1.54, 1.807) is 60.9 Å². The molecule has 2 aromatic heterocycles. The van der Waals surface area contributed by atoms with Gasteiger partial charge in [0.05, 0.1) is 16.1 Å². The van der Waals surface area contributed by atoms with Gasteiger partial charge in [0.25, 0.3) is 10.0 Å². The summed E-state index contributed by atoms with van der Waals surface area (Å²) in [5, 5.41) is 10.9. The molecule has 1 aliphatic rings. The summed E-state index contributed by atoms with van der Waals surface area (Å²) in [6, 6.07) is 16.3. The smallest absolute Gasteiger partial charge is 0.261 e. The van der Waals surface area contributed by atoms with Gasteiger partial charge in [-0.05, 0) is 67.4 Å². The Morgan fingerprint density at radius 2 is 1.65 bits per heavy atom. The Balaban J connectivity index is 1.30. The number of carbonyl (C=O) groups excluding carboxylic acids is 1. The minimum absolute atomic E-state index is 0.0594. The van der Waals surface area contributed by atoms with E-state index in [-0.39, 0.29) is 22.1 Å². The van der Waals surface area contributed by atoms with Crippen molar-refractivity contribution in [2.45, 2.75) is 24.7 Å². The van der Waals surface area contributed by atoms with Crippen molar-refractivity contribution in [2.24, 2.45) is 5.41 Å². The molecule has 4 aromatic rings. The van der Waals surface area contributed by atoms with Crippen molar-refractivity contribution in [2.75, 3.05) is 10.0 Å². The van der Waals surface area contributed by atoms with Gasteiger partial charge in [-0.3, -0.25) is 14.5 Å². The summed E-state index contributed by atoms with van der Waals surface area (Å²) < 4.78 is 34.0. The van der Waals surface area contributed by atoms with E-state index >= 15 is 0 Å². The molecule has 0 saturated heterocycles. The van der Waals surface area contributed by atoms with E-state index in [2.05, 4.69) is 25.2 Å². The molecule has 0 unspecified atom stereocenters. The van der Waals surface area contributed by atoms with Gasteiger partial charge in [-0.2, -0.15) is 0 Å². The van der Waals surface area contributed by atoms with Crippen LogP contribution in [0.3, 0.4) is 0 Å². The fourth-order valence-electron chi connectivity index (χ4n) is 3.29. The summed E-state index contributed by atoms with van der Waals surface area (Å²) in [4.78, 5) is 16.4. The van der Waals surface area contributed by atoms with Crippen molar-refractivity contribution < 1.29 is 17.6 Å². The highest BCUT2D eigenvalue weighted by Crippen LogP contribution is 2.45. The molecule has 34 heavy (non-hydrogen) atoms. The van der Waals surface area contributed by atoms with E-state index < -0.39 is 10.0 Å². The average Bonchev–Trinajstić information content (AvgIpc) is 3.40. The molecule has 10 heteroatoms. The molecule has 172 valence electrons. The zero-order valence-electron chi connectivity index (χ0n) is 18.2. The molecule has 2 N–H and O–H groups in total. The Morgan fingerprint density at radius 3 is 2.32 bits per heavy atom. The summed E-state index contributed by atoms with van der Waals surface area (Å²) in [6.45, 7) is 1.91. The normalized spacial score (nSPS) is 14.4. The average molecular weight is 476 g/mol. The molecule has 2 aromatic carbocycles. The number of nitrogens with one attached hydrogen (secondary N) is 2. The number of nitrogens with zero attached hydrogens (tertiary/aromatic N) is 3. The molecule has 1 amide bonds. The highest BCUT2D eigenvalue weighted by Gasteiger charge is 2.44. The molecular formula is C24H21N5O4S. The number of sulfonamides is 1. The first-order valence-corrected chi connectivity index (χ1v) is 12.1. The van der Waals surface area contributed by atoms with Crippen LogP contribution >= 0.6 is 0 Å². The number of amides is 1. The predicted octanol–water partition coefficient (Wildman–Crippen LogP) is 4.34. The SMILES string of the molecule is CC1(C(=O)Nc2cccc(NS(=O)(=O)c3ccc(-c4nnc(-c5cccnc5)o4)cc3)c2)CC1. The molecule has 0 aliphatic heterocycles. The maximum atomic E-state index is 12.9. The molecule has 1 saturated carbocycles. The van der Waals surface area contributed by atoms with Crippen LogP contribution in [0.5, 0.6) is 0 Å². The van der Waals surface area contributed by atoms with Crippen molar-refractivity contribution in [3.63, 3.8) is 0 Å². The summed E-state index contributed by atoms with van der Waals surface area (Å²) in [5.74, 6) is 0.531. The molecular weight excluding hydrogens is 454 g/mol. The Bertz CT molecular complexity index is 1450. The minimum atomic E-state index is -3.85. The van der Waals surface area contributed by atoms with Crippen molar-refractivity contribution in [3.8, 4) is 22.9 Å². The zero-order valence-corrected chi connectivity index (χ0v) is 19.0. The van der Waals surface area contributed by atoms with Gasteiger partial charge >= 0.3 is 0 Å². The second-order valence-corrected chi connectivity index (χ2v) is 10.1. The van der Waals surface area contributed by atoms with Gasteiger partial charge in [0.2, 0.25) is 17.7 Å². The van der Waals surface area contributed by atoms with Gasteiger partial charge in [0, 0.05) is 29.1 Å². The van der Waals surface area contributed by atoms with Crippen molar-refractivity contribution >= 4 is 27.3 Å². The Kier molecular flexibility index (Phi) is 5.37. The molecule has 0 radical (unpaired) electrons. The van der Waals surface area contributed by atoms with Gasteiger partial charge in [0.1, 0.15) is 0 Å². The third-order valence-electron chi connectivity index (χ3n) is 5.67. The summed E-state index contributed by atoms with van der Waals surface area (Å²) in [6.07, 6.45) is 4.98. The van der Waals surface area contributed by atoms with Gasteiger partial charge in [-0.1, -0.05) is 13.0 Å². The molecule has 1 fully saturated rings. The molecule has 0 atom stereocenters. The third-order valence-corrected chi connectivity index (χ3v) is 7.06. The Labute approximate surface area is 196 Å². The van der Waals surface area contributed by atoms with E-state index in [9.17, 15) is 13.2 Å². The number of hydrogen-bond acceptors (Lipinski definition) is 7. The van der Waals surface area contributed by atoms with E-state index in [1.165, 1.54) is 12.1 Å². The lowest BCUT2D eigenvalue weighted by Crippen LogP contribution is -2.21. The van der Waals surface area contributed by atoms with Crippen LogP contribution in [0.4, 0.5) is 11.4 Å². The van der Waals surface area contributed by atoms with Crippen LogP contribution in [0.25, 0.3) is 22.9 Å². The maximum absolute atomic E-state index is 12.9. The van der Waals surface area contributed by atoms with E-state index in [1.807, 2.05) is 6.92 Å². The van der Waals surface area contributed by atoms with Gasteiger partial charge in [-0.25, -0.2) is 8.42 Å². The number of aromatic nitrogens is 3. The largest absolute Gasteiger partial charge is 0.416 e. The van der Waals surface area contributed by atoms with Crippen LogP contribution in [0, 0.1) is 5.41 Å². The van der Waals surface area contributed by atoms with Crippen LogP contribution in [0.1, 0.15) is 19.8 Å². The third kappa shape index (κ3) is 4.53. The number of hydrogen-bond donors (Lipinski definition) is 2. The van der Waals surface area contributed by atoms with Crippen molar-refractivity contribution in [3.05, 3.63) is 73.1 Å². The number of anilines is 2. The summed E-state index contributed by atoms with van der Waals surface area (Å²) in [5.41, 5.74) is 1.83. The monoisotopic (exact) mass is 475 g/mol. The van der Waals surface area contributed by atoms with Crippen LogP contribution in [-0.2, 0) is 14.8 Å².